The first-order valence-electron chi connectivity index (χ1n) is 7.05. The average Bonchev–Trinajstić information content (AvgIpc) is 2.47. The van der Waals surface area contributed by atoms with Gasteiger partial charge in [0.15, 0.2) is 0 Å². The van der Waals surface area contributed by atoms with Gasteiger partial charge in [-0.05, 0) is 18.8 Å². The van der Waals surface area contributed by atoms with E-state index in [1.165, 1.54) is 25.5 Å². The molecule has 0 spiro atoms. The van der Waals surface area contributed by atoms with Gasteiger partial charge in [-0.15, -0.1) is 0 Å². The van der Waals surface area contributed by atoms with Gasteiger partial charge >= 0.3 is 0 Å². The molecule has 1 amide bonds. The van der Waals surface area contributed by atoms with Crippen molar-refractivity contribution in [3.63, 3.8) is 0 Å². The molecule has 0 aliphatic heterocycles. The van der Waals surface area contributed by atoms with Crippen molar-refractivity contribution in [2.24, 2.45) is 5.92 Å². The Kier molecular flexibility index (Phi) is 4.71. The van der Waals surface area contributed by atoms with Gasteiger partial charge in [-0.1, -0.05) is 26.2 Å². The lowest BCUT2D eigenvalue weighted by atomic mass is 9.83. The molecule has 2 N–H and O–H groups in total. The van der Waals surface area contributed by atoms with E-state index in [0.717, 1.165) is 12.8 Å². The number of nitrogens with one attached hydrogen (secondary N) is 2. The number of anilines is 1. The lowest BCUT2D eigenvalue weighted by Crippen LogP contribution is -2.42. The summed E-state index contributed by atoms with van der Waals surface area (Å²) in [6, 6.07) is 0.284. The van der Waals surface area contributed by atoms with Crippen LogP contribution < -0.4 is 10.6 Å². The zero-order valence-electron chi connectivity index (χ0n) is 11.6. The van der Waals surface area contributed by atoms with Gasteiger partial charge in [-0.2, -0.15) is 0 Å². The van der Waals surface area contributed by atoms with E-state index in [4.69, 9.17) is 0 Å². The number of amides is 1. The van der Waals surface area contributed by atoms with Gasteiger partial charge in [-0.3, -0.25) is 9.78 Å². The van der Waals surface area contributed by atoms with Crippen molar-refractivity contribution in [2.45, 2.75) is 45.1 Å². The number of rotatable bonds is 4. The van der Waals surface area contributed by atoms with Crippen LogP contribution in [-0.2, 0) is 0 Å². The van der Waals surface area contributed by atoms with E-state index in [0.29, 0.717) is 17.4 Å². The van der Waals surface area contributed by atoms with Crippen LogP contribution >= 0.6 is 0 Å². The predicted octanol–water partition coefficient (Wildman–Crippen LogP) is 2.22. The summed E-state index contributed by atoms with van der Waals surface area (Å²) in [5.74, 6) is 1.09. The summed E-state index contributed by atoms with van der Waals surface area (Å²) in [7, 11) is 1.76. The SMILES string of the molecule is CCC1CCCCC1NC(=O)c1cncc(NC)n1. The zero-order chi connectivity index (χ0) is 13.7. The molecule has 2 unspecified atom stereocenters. The van der Waals surface area contributed by atoms with Crippen molar-refractivity contribution >= 4 is 11.7 Å². The highest BCUT2D eigenvalue weighted by Crippen LogP contribution is 2.26. The van der Waals surface area contributed by atoms with Gasteiger partial charge in [0.05, 0.1) is 12.4 Å². The van der Waals surface area contributed by atoms with Crippen molar-refractivity contribution < 1.29 is 4.79 Å². The summed E-state index contributed by atoms with van der Waals surface area (Å²) in [5.41, 5.74) is 0.382. The molecule has 1 aromatic rings. The molecule has 5 heteroatoms. The van der Waals surface area contributed by atoms with Gasteiger partial charge in [0, 0.05) is 13.1 Å². The first-order valence-corrected chi connectivity index (χ1v) is 7.05. The number of nitrogens with zero attached hydrogens (tertiary/aromatic N) is 2. The molecule has 0 aromatic carbocycles. The summed E-state index contributed by atoms with van der Waals surface area (Å²) in [6.45, 7) is 2.19. The number of aromatic nitrogens is 2. The van der Waals surface area contributed by atoms with Gasteiger partial charge in [0.1, 0.15) is 11.5 Å². The van der Waals surface area contributed by atoms with Crippen molar-refractivity contribution in [1.29, 1.82) is 0 Å². The van der Waals surface area contributed by atoms with Gasteiger partial charge < -0.3 is 10.6 Å². The molecule has 19 heavy (non-hydrogen) atoms. The van der Waals surface area contributed by atoms with E-state index in [1.807, 2.05) is 0 Å². The number of carbonyl (C=O) groups excluding carboxylic acids is 1. The molecule has 1 aromatic heterocycles. The highest BCUT2D eigenvalue weighted by atomic mass is 16.1. The molecule has 1 aliphatic rings. The van der Waals surface area contributed by atoms with Crippen LogP contribution in [0.2, 0.25) is 0 Å². The topological polar surface area (TPSA) is 66.9 Å². The molecule has 0 bridgehead atoms. The average molecular weight is 262 g/mol. The van der Waals surface area contributed by atoms with Crippen molar-refractivity contribution in [3.05, 3.63) is 18.1 Å². The van der Waals surface area contributed by atoms with Gasteiger partial charge in [-0.25, -0.2) is 4.98 Å². The van der Waals surface area contributed by atoms with E-state index in [-0.39, 0.29) is 11.9 Å². The van der Waals surface area contributed by atoms with Crippen LogP contribution in [0.5, 0.6) is 0 Å². The summed E-state index contributed by atoms with van der Waals surface area (Å²) < 4.78 is 0. The molecule has 5 nitrogen and oxygen atoms in total. The summed E-state index contributed by atoms with van der Waals surface area (Å²) >= 11 is 0. The Hall–Kier alpha value is -1.65. The second-order valence-corrected chi connectivity index (χ2v) is 5.07. The molecule has 2 rings (SSSR count). The van der Waals surface area contributed by atoms with E-state index >= 15 is 0 Å². The van der Waals surface area contributed by atoms with Crippen LogP contribution in [0, 0.1) is 5.92 Å². The second-order valence-electron chi connectivity index (χ2n) is 5.07. The maximum absolute atomic E-state index is 12.2. The van der Waals surface area contributed by atoms with Crippen LogP contribution in [0.4, 0.5) is 5.82 Å². The summed E-state index contributed by atoms with van der Waals surface area (Å²) in [4.78, 5) is 20.4. The molecule has 2 atom stereocenters. The second kappa shape index (κ2) is 6.50. The predicted molar refractivity (Wildman–Crippen MR) is 75.1 cm³/mol. The fourth-order valence-electron chi connectivity index (χ4n) is 2.72. The molecular weight excluding hydrogens is 240 g/mol. The van der Waals surface area contributed by atoms with Crippen LogP contribution in [0.25, 0.3) is 0 Å². The fraction of sp³-hybridized carbons (Fsp3) is 0.643. The lowest BCUT2D eigenvalue weighted by molar-refractivity contribution is 0.0899. The lowest BCUT2D eigenvalue weighted by Gasteiger charge is -2.31. The van der Waals surface area contributed by atoms with E-state index in [1.54, 1.807) is 13.2 Å². The number of hydrogen-bond acceptors (Lipinski definition) is 4. The van der Waals surface area contributed by atoms with E-state index < -0.39 is 0 Å². The minimum atomic E-state index is -0.116. The first kappa shape index (κ1) is 13.8. The van der Waals surface area contributed by atoms with Crippen LogP contribution in [0.15, 0.2) is 12.4 Å². The largest absolute Gasteiger partial charge is 0.372 e. The van der Waals surface area contributed by atoms with Crippen LogP contribution in [0.3, 0.4) is 0 Å². The summed E-state index contributed by atoms with van der Waals surface area (Å²) in [6.07, 6.45) is 9.00. The molecule has 1 aliphatic carbocycles. The van der Waals surface area contributed by atoms with Gasteiger partial charge in [0.2, 0.25) is 0 Å². The molecule has 1 fully saturated rings. The van der Waals surface area contributed by atoms with Crippen molar-refractivity contribution in [2.75, 3.05) is 12.4 Å². The molecule has 0 saturated heterocycles. The molecule has 1 saturated carbocycles. The monoisotopic (exact) mass is 262 g/mol. The van der Waals surface area contributed by atoms with E-state index in [9.17, 15) is 4.79 Å². The smallest absolute Gasteiger partial charge is 0.271 e. The Morgan fingerprint density at radius 2 is 2.16 bits per heavy atom. The Bertz CT molecular complexity index is 435. The molecule has 0 radical (unpaired) electrons. The Morgan fingerprint density at radius 3 is 2.89 bits per heavy atom. The quantitative estimate of drug-likeness (QED) is 0.873. The van der Waals surface area contributed by atoms with Crippen molar-refractivity contribution in [1.82, 2.24) is 15.3 Å². The first-order chi connectivity index (χ1) is 9.24. The van der Waals surface area contributed by atoms with E-state index in [2.05, 4.69) is 27.5 Å². The minimum absolute atomic E-state index is 0.116. The Morgan fingerprint density at radius 1 is 1.37 bits per heavy atom. The molecule has 1 heterocycles. The van der Waals surface area contributed by atoms with Crippen LogP contribution in [-0.4, -0.2) is 29.0 Å². The molecular formula is C14H22N4O. The molecule has 104 valence electrons. The van der Waals surface area contributed by atoms with Crippen molar-refractivity contribution in [3.8, 4) is 0 Å². The highest BCUT2D eigenvalue weighted by molar-refractivity contribution is 5.92. The number of carbonyl (C=O) groups is 1. The zero-order valence-corrected chi connectivity index (χ0v) is 11.6. The Balaban J connectivity index is 2.02. The van der Waals surface area contributed by atoms with Gasteiger partial charge in [0.25, 0.3) is 5.91 Å². The third kappa shape index (κ3) is 3.43. The minimum Gasteiger partial charge on any atom is -0.372 e. The van der Waals surface area contributed by atoms with Crippen LogP contribution in [0.1, 0.15) is 49.5 Å². The summed E-state index contributed by atoms with van der Waals surface area (Å²) in [5, 5.41) is 6.01. The maximum atomic E-state index is 12.2. The maximum Gasteiger partial charge on any atom is 0.271 e. The third-order valence-electron chi connectivity index (χ3n) is 3.87. The highest BCUT2D eigenvalue weighted by Gasteiger charge is 2.25. The standard InChI is InChI=1S/C14H22N4O/c1-3-10-6-4-5-7-11(10)18-14(19)12-8-16-9-13(15-2)17-12/h8-11H,3-7H2,1-2H3,(H,15,17)(H,18,19). The Labute approximate surface area is 114 Å². The third-order valence-corrected chi connectivity index (χ3v) is 3.87. The normalized spacial score (nSPS) is 22.8. The fourth-order valence-corrected chi connectivity index (χ4v) is 2.72. The number of hydrogen-bond donors (Lipinski definition) is 2.